The van der Waals surface area contributed by atoms with Crippen LogP contribution in [0.2, 0.25) is 0 Å². The molecule has 1 heterocycles. The number of benzene rings is 1. The highest BCUT2D eigenvalue weighted by molar-refractivity contribution is 7.90. The van der Waals surface area contributed by atoms with Crippen LogP contribution in [0, 0.1) is 18.8 Å². The van der Waals surface area contributed by atoms with Crippen molar-refractivity contribution in [1.29, 1.82) is 0 Å². The summed E-state index contributed by atoms with van der Waals surface area (Å²) in [5.74, 6) is -0.506. The van der Waals surface area contributed by atoms with E-state index in [1.54, 1.807) is 18.2 Å². The lowest BCUT2D eigenvalue weighted by Crippen LogP contribution is -2.38. The number of ether oxygens (including phenoxy) is 2. The maximum absolute atomic E-state index is 12.6. The molecule has 0 N–H and O–H groups in total. The van der Waals surface area contributed by atoms with Gasteiger partial charge in [0.25, 0.3) is 10.0 Å². The van der Waals surface area contributed by atoms with Gasteiger partial charge >= 0.3 is 0 Å². The van der Waals surface area contributed by atoms with Crippen LogP contribution in [-0.4, -0.2) is 39.4 Å². The van der Waals surface area contributed by atoms with E-state index in [0.29, 0.717) is 0 Å². The third-order valence-corrected chi connectivity index (χ3v) is 6.16. The van der Waals surface area contributed by atoms with Crippen LogP contribution in [0.1, 0.15) is 18.9 Å². The Morgan fingerprint density at radius 1 is 1.32 bits per heavy atom. The molecule has 6 nitrogen and oxygen atoms in total. The number of fused-ring (bicyclic) bond motifs is 1. The van der Waals surface area contributed by atoms with Crippen molar-refractivity contribution in [2.24, 2.45) is 16.2 Å². The average Bonchev–Trinajstić information content (AvgIpc) is 2.90. The van der Waals surface area contributed by atoms with Gasteiger partial charge < -0.3 is 9.47 Å². The van der Waals surface area contributed by atoms with E-state index in [4.69, 9.17) is 9.47 Å². The van der Waals surface area contributed by atoms with Gasteiger partial charge in [-0.1, -0.05) is 17.7 Å². The summed E-state index contributed by atoms with van der Waals surface area (Å²) in [6.45, 7) is 4.03. The molecule has 1 aromatic carbocycles. The molecule has 1 aliphatic carbocycles. The largest absolute Gasteiger partial charge is 0.483 e. The van der Waals surface area contributed by atoms with Crippen molar-refractivity contribution in [1.82, 2.24) is 0 Å². The maximum atomic E-state index is 12.6. The Morgan fingerprint density at radius 2 is 2.00 bits per heavy atom. The molecule has 1 aromatic rings. The van der Waals surface area contributed by atoms with E-state index in [1.165, 1.54) is 25.3 Å². The van der Waals surface area contributed by atoms with Crippen molar-refractivity contribution in [3.05, 3.63) is 42.0 Å². The first-order valence-electron chi connectivity index (χ1n) is 8.07. The van der Waals surface area contributed by atoms with E-state index in [2.05, 4.69) is 4.40 Å². The molecule has 0 unspecified atom stereocenters. The minimum Gasteiger partial charge on any atom is -0.483 e. The lowest BCUT2D eigenvalue weighted by Gasteiger charge is -2.31. The van der Waals surface area contributed by atoms with Crippen LogP contribution in [-0.2, 0) is 24.3 Å². The number of ketones is 1. The second-order valence-electron chi connectivity index (χ2n) is 6.63. The Balaban J connectivity index is 1.94. The normalized spacial score (nSPS) is 29.6. The fourth-order valence-corrected chi connectivity index (χ4v) is 4.37. The summed E-state index contributed by atoms with van der Waals surface area (Å²) in [6, 6.07) is 6.47. The molecule has 0 saturated carbocycles. The molecule has 0 amide bonds. The molecule has 0 spiro atoms. The summed E-state index contributed by atoms with van der Waals surface area (Å²) in [5.41, 5.74) is 0.355. The van der Waals surface area contributed by atoms with Gasteiger partial charge in [0.15, 0.2) is 5.78 Å². The smallest absolute Gasteiger partial charge is 0.285 e. The Bertz CT molecular complexity index is 841. The van der Waals surface area contributed by atoms with Crippen molar-refractivity contribution in [2.45, 2.75) is 30.8 Å². The van der Waals surface area contributed by atoms with Crippen LogP contribution in [0.4, 0.5) is 0 Å². The molecule has 2 aliphatic rings. The van der Waals surface area contributed by atoms with Crippen molar-refractivity contribution in [2.75, 3.05) is 13.7 Å². The molecule has 1 aliphatic heterocycles. The molecule has 0 bridgehead atoms. The summed E-state index contributed by atoms with van der Waals surface area (Å²) in [6.07, 6.45) is 3.54. The van der Waals surface area contributed by atoms with Crippen molar-refractivity contribution in [3.63, 3.8) is 0 Å². The number of rotatable bonds is 3. The average molecular weight is 363 g/mol. The molecular formula is C18H21NO5S. The standard InChI is InChI=1S/C18H21NO5S/c1-12-4-6-14(7-5-12)25(21,22)19-17(23-3)15-11-24-18(2)9-8-13(20)10-16(15)18/h4-9,15-16H,10-11H2,1-3H3/b19-17+/t15-,16+,18+/m1/s1. The Kier molecular flexibility index (Phi) is 4.55. The molecule has 3 rings (SSSR count). The summed E-state index contributed by atoms with van der Waals surface area (Å²) in [5, 5.41) is 0. The maximum Gasteiger partial charge on any atom is 0.285 e. The lowest BCUT2D eigenvalue weighted by atomic mass is 9.75. The second-order valence-corrected chi connectivity index (χ2v) is 8.24. The molecule has 3 atom stereocenters. The van der Waals surface area contributed by atoms with Crippen LogP contribution < -0.4 is 0 Å². The summed E-state index contributed by atoms with van der Waals surface area (Å²) in [4.78, 5) is 11.9. The molecule has 0 aromatic heterocycles. The van der Waals surface area contributed by atoms with Crippen molar-refractivity contribution in [3.8, 4) is 0 Å². The number of carbonyl (C=O) groups is 1. The van der Waals surface area contributed by atoms with Gasteiger partial charge in [0, 0.05) is 12.3 Å². The SMILES string of the molecule is CO/C(=N/S(=O)(=O)c1ccc(C)cc1)[C@@H]1CO[C@@]2(C)C=CC(=O)C[C@@H]12. The number of carbonyl (C=O) groups excluding carboxylic acids is 1. The van der Waals surface area contributed by atoms with Crippen molar-refractivity contribution < 1.29 is 22.7 Å². The van der Waals surface area contributed by atoms with E-state index in [0.717, 1.165) is 5.56 Å². The fourth-order valence-electron chi connectivity index (χ4n) is 3.33. The number of hydrogen-bond donors (Lipinski definition) is 0. The first-order chi connectivity index (χ1) is 11.7. The number of aryl methyl sites for hydroxylation is 1. The van der Waals surface area contributed by atoms with Gasteiger partial charge in [0.1, 0.15) is 0 Å². The number of allylic oxidation sites excluding steroid dienone is 1. The lowest BCUT2D eigenvalue weighted by molar-refractivity contribution is -0.117. The number of hydrogen-bond acceptors (Lipinski definition) is 5. The van der Waals surface area contributed by atoms with E-state index in [-0.39, 0.29) is 41.4 Å². The first-order valence-corrected chi connectivity index (χ1v) is 9.51. The molecule has 1 fully saturated rings. The van der Waals surface area contributed by atoms with E-state index in [9.17, 15) is 13.2 Å². The number of nitrogens with zero attached hydrogens (tertiary/aromatic N) is 1. The quantitative estimate of drug-likeness (QED) is 0.608. The van der Waals surface area contributed by atoms with E-state index < -0.39 is 15.6 Å². The van der Waals surface area contributed by atoms with Gasteiger partial charge in [0.05, 0.1) is 30.1 Å². The molecular weight excluding hydrogens is 342 g/mol. The first kappa shape index (κ1) is 17.8. The highest BCUT2D eigenvalue weighted by atomic mass is 32.2. The van der Waals surface area contributed by atoms with Crippen molar-refractivity contribution >= 4 is 21.7 Å². The zero-order valence-corrected chi connectivity index (χ0v) is 15.2. The van der Waals surface area contributed by atoms with Crippen LogP contribution in [0.15, 0.2) is 45.7 Å². The fraction of sp³-hybridized carbons (Fsp3) is 0.444. The van der Waals surface area contributed by atoms with E-state index in [1.807, 2.05) is 13.8 Å². The Hall–Kier alpha value is -1.99. The summed E-state index contributed by atoms with van der Waals surface area (Å²) < 4.78 is 40.2. The second kappa shape index (κ2) is 6.38. The van der Waals surface area contributed by atoms with Gasteiger partial charge in [-0.25, -0.2) is 0 Å². The summed E-state index contributed by atoms with van der Waals surface area (Å²) >= 11 is 0. The topological polar surface area (TPSA) is 82.0 Å². The highest BCUT2D eigenvalue weighted by Gasteiger charge is 2.50. The molecule has 1 saturated heterocycles. The molecule has 0 radical (unpaired) electrons. The van der Waals surface area contributed by atoms with Crippen LogP contribution >= 0.6 is 0 Å². The predicted octanol–water partition coefficient (Wildman–Crippen LogP) is 2.28. The number of sulfonamides is 1. The van der Waals surface area contributed by atoms with Gasteiger partial charge in [-0.2, -0.15) is 8.42 Å². The third kappa shape index (κ3) is 3.39. The predicted molar refractivity (Wildman–Crippen MR) is 92.9 cm³/mol. The van der Waals surface area contributed by atoms with Crippen LogP contribution in [0.25, 0.3) is 0 Å². The molecule has 134 valence electrons. The number of methoxy groups -OCH3 is 1. The van der Waals surface area contributed by atoms with Crippen LogP contribution in [0.5, 0.6) is 0 Å². The van der Waals surface area contributed by atoms with Gasteiger partial charge in [0.2, 0.25) is 5.90 Å². The zero-order valence-electron chi connectivity index (χ0n) is 14.4. The highest BCUT2D eigenvalue weighted by Crippen LogP contribution is 2.43. The monoisotopic (exact) mass is 363 g/mol. The molecule has 7 heteroatoms. The molecule has 25 heavy (non-hydrogen) atoms. The Labute approximate surface area is 147 Å². The van der Waals surface area contributed by atoms with Gasteiger partial charge in [-0.05, 0) is 38.1 Å². The van der Waals surface area contributed by atoms with Gasteiger partial charge in [-0.15, -0.1) is 4.40 Å². The minimum absolute atomic E-state index is 0.00480. The minimum atomic E-state index is -3.89. The Morgan fingerprint density at radius 3 is 2.64 bits per heavy atom. The zero-order chi connectivity index (χ0) is 18.2. The van der Waals surface area contributed by atoms with Gasteiger partial charge in [-0.3, -0.25) is 4.79 Å². The third-order valence-electron chi connectivity index (χ3n) is 4.87. The van der Waals surface area contributed by atoms with E-state index >= 15 is 0 Å². The summed E-state index contributed by atoms with van der Waals surface area (Å²) in [7, 11) is -2.50. The van der Waals surface area contributed by atoms with Crippen LogP contribution in [0.3, 0.4) is 0 Å².